The monoisotopic (exact) mass is 275 g/mol. The molecule has 5 heteroatoms. The standard InChI is InChI=1S/C12H24O2.C2H5NO2/c1-2-3-4-5-6-7-8-9-10-11-12(13)14;3-1-2(4)5/h2-11H2,1H3,(H,13,14);1,3H2,(H,4,5). The number of aliphatic carboxylic acids is 2. The molecule has 0 aromatic rings. The first kappa shape index (κ1) is 20.2. The van der Waals surface area contributed by atoms with Gasteiger partial charge in [-0.2, -0.15) is 0 Å². The topological polar surface area (TPSA) is 101 Å². The molecule has 0 aromatic carbocycles. The zero-order chi connectivity index (χ0) is 14.9. The Kier molecular flexibility index (Phi) is 18.0. The van der Waals surface area contributed by atoms with Gasteiger partial charge in [-0.3, -0.25) is 9.59 Å². The van der Waals surface area contributed by atoms with Crippen molar-refractivity contribution in [1.29, 1.82) is 0 Å². The van der Waals surface area contributed by atoms with Crippen molar-refractivity contribution in [2.24, 2.45) is 5.73 Å². The summed E-state index contributed by atoms with van der Waals surface area (Å²) in [5.74, 6) is -1.63. The molecule has 0 saturated carbocycles. The molecule has 0 radical (unpaired) electrons. The molecule has 0 rings (SSSR count). The van der Waals surface area contributed by atoms with Crippen molar-refractivity contribution < 1.29 is 19.8 Å². The summed E-state index contributed by atoms with van der Waals surface area (Å²) in [4.78, 5) is 19.4. The van der Waals surface area contributed by atoms with E-state index < -0.39 is 11.9 Å². The van der Waals surface area contributed by atoms with E-state index in [4.69, 9.17) is 10.2 Å². The number of rotatable bonds is 11. The van der Waals surface area contributed by atoms with Crippen LogP contribution in [0.3, 0.4) is 0 Å². The first-order valence-electron chi connectivity index (χ1n) is 7.18. The van der Waals surface area contributed by atoms with E-state index >= 15 is 0 Å². The molecule has 0 heterocycles. The van der Waals surface area contributed by atoms with E-state index in [2.05, 4.69) is 12.7 Å². The van der Waals surface area contributed by atoms with Gasteiger partial charge in [0.2, 0.25) is 0 Å². The number of nitrogens with two attached hydrogens (primary N) is 1. The molecule has 0 bridgehead atoms. The fourth-order valence-corrected chi connectivity index (χ4v) is 1.59. The van der Waals surface area contributed by atoms with Crippen LogP contribution in [0, 0.1) is 0 Å². The minimum Gasteiger partial charge on any atom is -0.481 e. The molecule has 19 heavy (non-hydrogen) atoms. The maximum Gasteiger partial charge on any atom is 0.317 e. The lowest BCUT2D eigenvalue weighted by Gasteiger charge is -2.00. The lowest BCUT2D eigenvalue weighted by atomic mass is 10.1. The van der Waals surface area contributed by atoms with Crippen LogP contribution >= 0.6 is 0 Å². The molecule has 0 saturated heterocycles. The zero-order valence-corrected chi connectivity index (χ0v) is 12.1. The Labute approximate surface area is 116 Å². The summed E-state index contributed by atoms with van der Waals surface area (Å²) in [6, 6.07) is 0. The van der Waals surface area contributed by atoms with E-state index in [1.165, 1.54) is 44.9 Å². The van der Waals surface area contributed by atoms with Gasteiger partial charge in [-0.25, -0.2) is 0 Å². The average Bonchev–Trinajstić information content (AvgIpc) is 2.37. The highest BCUT2D eigenvalue weighted by Gasteiger charge is 1.96. The second-order valence-electron chi connectivity index (χ2n) is 4.57. The molecule has 4 N–H and O–H groups in total. The van der Waals surface area contributed by atoms with Crippen molar-refractivity contribution in [3.05, 3.63) is 0 Å². The number of carbonyl (C=O) groups is 2. The highest BCUT2D eigenvalue weighted by molar-refractivity contribution is 5.68. The quantitative estimate of drug-likeness (QED) is 0.503. The van der Waals surface area contributed by atoms with Crippen LogP contribution in [-0.2, 0) is 9.59 Å². The highest BCUT2D eigenvalue weighted by Crippen LogP contribution is 2.10. The lowest BCUT2D eigenvalue weighted by Crippen LogP contribution is -2.10. The van der Waals surface area contributed by atoms with Crippen molar-refractivity contribution in [2.75, 3.05) is 6.54 Å². The van der Waals surface area contributed by atoms with Crippen molar-refractivity contribution in [2.45, 2.75) is 71.1 Å². The minimum absolute atomic E-state index is 0.278. The number of hydrogen-bond acceptors (Lipinski definition) is 3. The van der Waals surface area contributed by atoms with Crippen molar-refractivity contribution in [3.63, 3.8) is 0 Å². The lowest BCUT2D eigenvalue weighted by molar-refractivity contribution is -0.137. The number of unbranched alkanes of at least 4 members (excludes halogenated alkanes) is 8. The highest BCUT2D eigenvalue weighted by atomic mass is 16.4. The number of carboxylic acid groups (broad SMARTS) is 2. The van der Waals surface area contributed by atoms with E-state index in [0.29, 0.717) is 6.42 Å². The third-order valence-corrected chi connectivity index (χ3v) is 2.67. The Morgan fingerprint density at radius 1 is 0.789 bits per heavy atom. The second kappa shape index (κ2) is 16.9. The van der Waals surface area contributed by atoms with E-state index in [1.807, 2.05) is 0 Å². The second-order valence-corrected chi connectivity index (χ2v) is 4.57. The van der Waals surface area contributed by atoms with Crippen LogP contribution in [0.25, 0.3) is 0 Å². The largest absolute Gasteiger partial charge is 0.481 e. The van der Waals surface area contributed by atoms with Gasteiger partial charge in [-0.15, -0.1) is 0 Å². The Hall–Kier alpha value is -1.10. The molecule has 0 aromatic heterocycles. The molecule has 5 nitrogen and oxygen atoms in total. The van der Waals surface area contributed by atoms with Gasteiger partial charge < -0.3 is 15.9 Å². The van der Waals surface area contributed by atoms with Gasteiger partial charge in [0, 0.05) is 6.42 Å². The van der Waals surface area contributed by atoms with Gasteiger partial charge in [0.1, 0.15) is 0 Å². The van der Waals surface area contributed by atoms with Crippen molar-refractivity contribution in [3.8, 4) is 0 Å². The van der Waals surface area contributed by atoms with Crippen LogP contribution in [0.15, 0.2) is 0 Å². The number of carboxylic acids is 2. The molecular weight excluding hydrogens is 246 g/mol. The average molecular weight is 275 g/mol. The maximum absolute atomic E-state index is 10.2. The molecule has 114 valence electrons. The Bertz CT molecular complexity index is 219. The molecule has 0 fully saturated rings. The van der Waals surface area contributed by atoms with E-state index in [-0.39, 0.29) is 6.54 Å². The van der Waals surface area contributed by atoms with Gasteiger partial charge in [-0.05, 0) is 6.42 Å². The van der Waals surface area contributed by atoms with E-state index in [1.54, 1.807) is 0 Å². The Balaban J connectivity index is 0. The molecule has 0 spiro atoms. The maximum atomic E-state index is 10.2. The number of hydrogen-bond donors (Lipinski definition) is 3. The molecule has 0 aliphatic carbocycles. The van der Waals surface area contributed by atoms with Crippen molar-refractivity contribution >= 4 is 11.9 Å². The fraction of sp³-hybridized carbons (Fsp3) is 0.857. The van der Waals surface area contributed by atoms with Crippen molar-refractivity contribution in [1.82, 2.24) is 0 Å². The summed E-state index contributed by atoms with van der Waals surface area (Å²) in [7, 11) is 0. The molecule has 0 unspecified atom stereocenters. The van der Waals surface area contributed by atoms with Crippen LogP contribution in [0.5, 0.6) is 0 Å². The van der Waals surface area contributed by atoms with Crippen LogP contribution in [0.2, 0.25) is 0 Å². The SMILES string of the molecule is CCCCCCCCCCCC(=O)O.NCC(=O)O. The summed E-state index contributed by atoms with van der Waals surface area (Å²) < 4.78 is 0. The third kappa shape index (κ3) is 26.5. The summed E-state index contributed by atoms with van der Waals surface area (Å²) in [5.41, 5.74) is 4.57. The smallest absolute Gasteiger partial charge is 0.317 e. The Morgan fingerprint density at radius 3 is 1.47 bits per heavy atom. The predicted octanol–water partition coefficient (Wildman–Crippen LogP) is 3.02. The first-order chi connectivity index (χ1) is 9.04. The van der Waals surface area contributed by atoms with Gasteiger partial charge in [0.05, 0.1) is 6.54 Å². The molecule has 0 atom stereocenters. The van der Waals surface area contributed by atoms with Crippen LogP contribution < -0.4 is 5.73 Å². The zero-order valence-electron chi connectivity index (χ0n) is 12.1. The summed E-state index contributed by atoms with van der Waals surface area (Å²) in [6.45, 7) is 1.95. The summed E-state index contributed by atoms with van der Waals surface area (Å²) >= 11 is 0. The minimum atomic E-state index is -0.968. The van der Waals surface area contributed by atoms with E-state index in [9.17, 15) is 9.59 Å². The summed E-state index contributed by atoms with van der Waals surface area (Å²) in [5, 5.41) is 16.0. The predicted molar refractivity (Wildman–Crippen MR) is 76.2 cm³/mol. The molecule has 0 aliphatic rings. The Morgan fingerprint density at radius 2 is 1.16 bits per heavy atom. The fourth-order valence-electron chi connectivity index (χ4n) is 1.59. The molecule has 0 amide bonds. The molecular formula is C14H29NO4. The molecule has 0 aliphatic heterocycles. The van der Waals surface area contributed by atoms with Gasteiger partial charge in [0.15, 0.2) is 0 Å². The normalized spacial score (nSPS) is 9.58. The van der Waals surface area contributed by atoms with Gasteiger partial charge >= 0.3 is 11.9 Å². The first-order valence-corrected chi connectivity index (χ1v) is 7.18. The van der Waals surface area contributed by atoms with Crippen LogP contribution in [-0.4, -0.2) is 28.7 Å². The van der Waals surface area contributed by atoms with Crippen LogP contribution in [0.1, 0.15) is 71.1 Å². The van der Waals surface area contributed by atoms with Gasteiger partial charge in [-0.1, -0.05) is 58.3 Å². The summed E-state index contributed by atoms with van der Waals surface area (Å²) in [6.07, 6.45) is 11.5. The van der Waals surface area contributed by atoms with Crippen LogP contribution in [0.4, 0.5) is 0 Å². The van der Waals surface area contributed by atoms with Gasteiger partial charge in [0.25, 0.3) is 0 Å². The van der Waals surface area contributed by atoms with E-state index in [0.717, 1.165) is 12.8 Å². The third-order valence-electron chi connectivity index (χ3n) is 2.67.